The van der Waals surface area contributed by atoms with Gasteiger partial charge < -0.3 is 18.9 Å². The van der Waals surface area contributed by atoms with Gasteiger partial charge in [0.2, 0.25) is 0 Å². The van der Waals surface area contributed by atoms with Crippen molar-refractivity contribution in [1.82, 2.24) is 0 Å². The molecule has 1 fully saturated rings. The second-order valence-electron chi connectivity index (χ2n) is 8.02. The predicted octanol–water partition coefficient (Wildman–Crippen LogP) is 5.42. The highest BCUT2D eigenvalue weighted by molar-refractivity contribution is 7.80. The van der Waals surface area contributed by atoms with Crippen molar-refractivity contribution in [2.75, 3.05) is 0 Å². The van der Waals surface area contributed by atoms with Crippen LogP contribution in [-0.2, 0) is 38.8 Å². The molecule has 3 aromatic rings. The molecule has 1 aliphatic rings. The molecule has 0 aromatic heterocycles. The van der Waals surface area contributed by atoms with Crippen molar-refractivity contribution in [3.63, 3.8) is 0 Å². The van der Waals surface area contributed by atoms with E-state index in [0.717, 1.165) is 16.7 Å². The third-order valence-electron chi connectivity index (χ3n) is 5.60. The number of hydrogen-bond acceptors (Lipinski definition) is 5. The normalized spacial score (nSPS) is 25.5. The molecule has 0 saturated carbocycles. The number of hydrogen-bond donors (Lipinski definition) is 1. The van der Waals surface area contributed by atoms with Gasteiger partial charge in [0.25, 0.3) is 0 Å². The molecule has 4 nitrogen and oxygen atoms in total. The Hall–Kier alpha value is -2.15. The summed E-state index contributed by atoms with van der Waals surface area (Å²) in [6, 6.07) is 30.4. The molecule has 1 aliphatic heterocycles. The van der Waals surface area contributed by atoms with E-state index in [1.54, 1.807) is 0 Å². The summed E-state index contributed by atoms with van der Waals surface area (Å²) in [6.45, 7) is 3.41. The van der Waals surface area contributed by atoms with Crippen molar-refractivity contribution in [3.8, 4) is 0 Å². The molecule has 32 heavy (non-hydrogen) atoms. The molecule has 0 N–H and O–H groups in total. The minimum Gasteiger partial charge on any atom is -0.368 e. The Morgan fingerprint density at radius 3 is 1.41 bits per heavy atom. The molecular formula is C27H30O4S. The molecule has 4 rings (SSSR count). The lowest BCUT2D eigenvalue weighted by Gasteiger charge is -2.44. The van der Waals surface area contributed by atoms with Crippen LogP contribution in [0.3, 0.4) is 0 Å². The average Bonchev–Trinajstić information content (AvgIpc) is 2.83. The SMILES string of the molecule is C[C@@H]1O[C@@H](S)[C@H](OCc2ccccc2)[C@H](OCc2ccccc2)[C@H]1OCc1ccccc1. The van der Waals surface area contributed by atoms with Crippen molar-refractivity contribution in [1.29, 1.82) is 0 Å². The van der Waals surface area contributed by atoms with Gasteiger partial charge in [0, 0.05) is 0 Å². The molecule has 0 radical (unpaired) electrons. The van der Waals surface area contributed by atoms with Gasteiger partial charge in [0.05, 0.1) is 25.9 Å². The summed E-state index contributed by atoms with van der Waals surface area (Å²) in [6.07, 6.45) is -1.17. The number of rotatable bonds is 9. The second-order valence-corrected chi connectivity index (χ2v) is 8.52. The van der Waals surface area contributed by atoms with Gasteiger partial charge in [-0.1, -0.05) is 91.0 Å². The Kier molecular flexibility index (Phi) is 8.37. The summed E-state index contributed by atoms with van der Waals surface area (Å²) >= 11 is 4.70. The van der Waals surface area contributed by atoms with Crippen LogP contribution in [0.5, 0.6) is 0 Å². The van der Waals surface area contributed by atoms with Crippen molar-refractivity contribution >= 4 is 12.6 Å². The number of ether oxygens (including phenoxy) is 4. The topological polar surface area (TPSA) is 36.9 Å². The maximum absolute atomic E-state index is 6.43. The highest BCUT2D eigenvalue weighted by Gasteiger charge is 2.45. The van der Waals surface area contributed by atoms with Crippen LogP contribution in [0.2, 0.25) is 0 Å². The highest BCUT2D eigenvalue weighted by atomic mass is 32.1. The standard InChI is InChI=1S/C27H30O4S/c1-20-24(28-17-21-11-5-2-6-12-21)25(29-18-22-13-7-3-8-14-22)26(27(32)31-20)30-19-23-15-9-4-10-16-23/h2-16,20,24-27,32H,17-19H2,1H3/t20-,24-,25+,26+,27-/m0/s1. The molecule has 0 spiro atoms. The molecule has 168 valence electrons. The van der Waals surface area contributed by atoms with Crippen LogP contribution in [0.4, 0.5) is 0 Å². The summed E-state index contributed by atoms with van der Waals surface area (Å²) < 4.78 is 25.2. The zero-order valence-corrected chi connectivity index (χ0v) is 19.1. The quantitative estimate of drug-likeness (QED) is 0.442. The van der Waals surface area contributed by atoms with E-state index in [9.17, 15) is 0 Å². The first-order valence-electron chi connectivity index (χ1n) is 11.0. The number of thiol groups is 1. The molecule has 0 amide bonds. The van der Waals surface area contributed by atoms with Crippen molar-refractivity contribution in [2.45, 2.75) is 56.6 Å². The van der Waals surface area contributed by atoms with Gasteiger partial charge in [-0.15, -0.1) is 12.6 Å². The molecule has 0 unspecified atom stereocenters. The minimum absolute atomic E-state index is 0.182. The van der Waals surface area contributed by atoms with Gasteiger partial charge in [-0.05, 0) is 23.6 Å². The fraction of sp³-hybridized carbons (Fsp3) is 0.333. The van der Waals surface area contributed by atoms with E-state index in [1.165, 1.54) is 0 Å². The monoisotopic (exact) mass is 450 g/mol. The molecule has 0 bridgehead atoms. The molecular weight excluding hydrogens is 420 g/mol. The van der Waals surface area contributed by atoms with Crippen LogP contribution in [0.1, 0.15) is 23.6 Å². The summed E-state index contributed by atoms with van der Waals surface area (Å²) in [5.41, 5.74) is 2.89. The van der Waals surface area contributed by atoms with Gasteiger partial charge in [-0.25, -0.2) is 0 Å². The Morgan fingerprint density at radius 1 is 0.594 bits per heavy atom. The molecule has 5 heteroatoms. The fourth-order valence-corrected chi connectivity index (χ4v) is 4.34. The molecule has 0 aliphatic carbocycles. The lowest BCUT2D eigenvalue weighted by Crippen LogP contribution is -2.57. The minimum atomic E-state index is -0.411. The lowest BCUT2D eigenvalue weighted by atomic mass is 9.99. The Bertz CT molecular complexity index is 867. The van der Waals surface area contributed by atoms with Gasteiger partial charge in [-0.3, -0.25) is 0 Å². The van der Waals surface area contributed by atoms with Crippen LogP contribution >= 0.6 is 12.6 Å². The van der Waals surface area contributed by atoms with Gasteiger partial charge in [0.1, 0.15) is 23.7 Å². The maximum atomic E-state index is 6.43. The Balaban J connectivity index is 1.50. The summed E-state index contributed by atoms with van der Waals surface area (Å²) in [4.78, 5) is 0. The zero-order valence-electron chi connectivity index (χ0n) is 18.2. The summed E-state index contributed by atoms with van der Waals surface area (Å²) in [5.74, 6) is 0. The van der Waals surface area contributed by atoms with Crippen LogP contribution in [0, 0.1) is 0 Å². The van der Waals surface area contributed by atoms with Gasteiger partial charge in [0.15, 0.2) is 0 Å². The van der Waals surface area contributed by atoms with Crippen LogP contribution < -0.4 is 0 Å². The van der Waals surface area contributed by atoms with E-state index < -0.39 is 5.44 Å². The van der Waals surface area contributed by atoms with Crippen LogP contribution in [0.15, 0.2) is 91.0 Å². The zero-order chi connectivity index (χ0) is 22.2. The predicted molar refractivity (Wildman–Crippen MR) is 128 cm³/mol. The van der Waals surface area contributed by atoms with E-state index >= 15 is 0 Å². The Morgan fingerprint density at radius 2 is 0.969 bits per heavy atom. The van der Waals surface area contributed by atoms with E-state index in [-0.39, 0.29) is 24.4 Å². The van der Waals surface area contributed by atoms with Crippen LogP contribution in [-0.4, -0.2) is 29.9 Å². The largest absolute Gasteiger partial charge is 0.368 e. The first kappa shape index (κ1) is 23.0. The fourth-order valence-electron chi connectivity index (χ4n) is 3.89. The van der Waals surface area contributed by atoms with Gasteiger partial charge in [-0.2, -0.15) is 0 Å². The van der Waals surface area contributed by atoms with E-state index in [2.05, 4.69) is 24.3 Å². The van der Waals surface area contributed by atoms with Crippen molar-refractivity contribution < 1.29 is 18.9 Å². The van der Waals surface area contributed by atoms with E-state index in [1.807, 2.05) is 73.7 Å². The summed E-state index contributed by atoms with van der Waals surface area (Å²) in [5, 5.41) is 0. The van der Waals surface area contributed by atoms with Crippen LogP contribution in [0.25, 0.3) is 0 Å². The smallest absolute Gasteiger partial charge is 0.129 e. The third kappa shape index (κ3) is 6.21. The Labute approximate surface area is 195 Å². The first-order valence-corrected chi connectivity index (χ1v) is 11.5. The molecule has 3 aromatic carbocycles. The first-order chi connectivity index (χ1) is 15.7. The van der Waals surface area contributed by atoms with E-state index in [0.29, 0.717) is 19.8 Å². The van der Waals surface area contributed by atoms with Crippen molar-refractivity contribution in [2.24, 2.45) is 0 Å². The molecule has 1 heterocycles. The second kappa shape index (κ2) is 11.6. The highest BCUT2D eigenvalue weighted by Crippen LogP contribution is 2.31. The maximum Gasteiger partial charge on any atom is 0.129 e. The molecule has 1 saturated heterocycles. The van der Waals surface area contributed by atoms with Gasteiger partial charge >= 0.3 is 0 Å². The summed E-state index contributed by atoms with van der Waals surface area (Å²) in [7, 11) is 0. The average molecular weight is 451 g/mol. The number of benzene rings is 3. The van der Waals surface area contributed by atoms with E-state index in [4.69, 9.17) is 31.6 Å². The third-order valence-corrected chi connectivity index (χ3v) is 6.02. The molecule has 5 atom stereocenters. The lowest BCUT2D eigenvalue weighted by molar-refractivity contribution is -0.242. The van der Waals surface area contributed by atoms with Crippen molar-refractivity contribution in [3.05, 3.63) is 108 Å².